The van der Waals surface area contributed by atoms with Crippen molar-refractivity contribution in [2.75, 3.05) is 36.4 Å². The van der Waals surface area contributed by atoms with Crippen molar-refractivity contribution >= 4 is 28.7 Å². The largest absolute Gasteiger partial charge is 0.508 e. The van der Waals surface area contributed by atoms with Crippen molar-refractivity contribution in [3.8, 4) is 5.75 Å². The molecule has 1 aliphatic heterocycles. The van der Waals surface area contributed by atoms with E-state index in [0.29, 0.717) is 5.75 Å². The number of rotatable bonds is 3. The van der Waals surface area contributed by atoms with Gasteiger partial charge in [0.15, 0.2) is 5.11 Å². The third-order valence-electron chi connectivity index (χ3n) is 4.38. The summed E-state index contributed by atoms with van der Waals surface area (Å²) in [6.07, 6.45) is 1.04. The number of nitrogens with one attached hydrogen (secondary N) is 1. The van der Waals surface area contributed by atoms with Gasteiger partial charge in [0.1, 0.15) is 5.75 Å². The molecule has 0 atom stereocenters. The lowest BCUT2D eigenvalue weighted by molar-refractivity contribution is 0.390. The third kappa shape index (κ3) is 3.97. The van der Waals surface area contributed by atoms with E-state index in [1.54, 1.807) is 6.07 Å². The molecule has 1 aliphatic rings. The molecule has 5 heteroatoms. The second kappa shape index (κ2) is 7.53. The number of anilines is 2. The van der Waals surface area contributed by atoms with Crippen LogP contribution >= 0.6 is 12.2 Å². The Hall–Kier alpha value is -2.27. The molecular weight excluding hydrogens is 318 g/mol. The standard InChI is InChI=1S/C19H23N3OS/c1-2-15-6-8-16(9-7-15)20-19(24)22-12-10-21(11-13-22)17-4-3-5-18(23)14-17/h3-9,14,23H,2,10-13H2,1H3,(H,20,24). The predicted octanol–water partition coefficient (Wildman–Crippen LogP) is 3.47. The Morgan fingerprint density at radius 1 is 1.08 bits per heavy atom. The lowest BCUT2D eigenvalue weighted by atomic mass is 10.1. The fraction of sp³-hybridized carbons (Fsp3) is 0.316. The predicted molar refractivity (Wildman–Crippen MR) is 104 cm³/mol. The first-order valence-corrected chi connectivity index (χ1v) is 8.75. The molecule has 0 aromatic heterocycles. The molecule has 0 aliphatic carbocycles. The number of hydrogen-bond donors (Lipinski definition) is 2. The number of aromatic hydroxyl groups is 1. The number of thiocarbonyl (C=S) groups is 1. The summed E-state index contributed by atoms with van der Waals surface area (Å²) in [4.78, 5) is 4.47. The lowest BCUT2D eigenvalue weighted by Gasteiger charge is -2.37. The molecule has 1 heterocycles. The number of phenols is 1. The molecule has 2 N–H and O–H groups in total. The van der Waals surface area contributed by atoms with Crippen LogP contribution in [-0.2, 0) is 6.42 Å². The minimum atomic E-state index is 0.308. The van der Waals surface area contributed by atoms with E-state index in [-0.39, 0.29) is 0 Å². The van der Waals surface area contributed by atoms with Crippen molar-refractivity contribution in [1.29, 1.82) is 0 Å². The minimum absolute atomic E-state index is 0.308. The molecule has 0 spiro atoms. The Bertz CT molecular complexity index is 694. The Morgan fingerprint density at radius 2 is 1.79 bits per heavy atom. The molecule has 1 fully saturated rings. The molecule has 24 heavy (non-hydrogen) atoms. The zero-order chi connectivity index (χ0) is 16.9. The van der Waals surface area contributed by atoms with Crippen LogP contribution in [0.1, 0.15) is 12.5 Å². The van der Waals surface area contributed by atoms with E-state index in [1.165, 1.54) is 5.56 Å². The fourth-order valence-corrected chi connectivity index (χ4v) is 3.18. The first-order valence-electron chi connectivity index (χ1n) is 8.34. The van der Waals surface area contributed by atoms with Crippen LogP contribution in [0.2, 0.25) is 0 Å². The Kier molecular flexibility index (Phi) is 5.20. The topological polar surface area (TPSA) is 38.7 Å². The van der Waals surface area contributed by atoms with Crippen molar-refractivity contribution in [3.63, 3.8) is 0 Å². The van der Waals surface area contributed by atoms with Gasteiger partial charge in [-0.15, -0.1) is 0 Å². The summed E-state index contributed by atoms with van der Waals surface area (Å²) >= 11 is 5.55. The second-order valence-electron chi connectivity index (χ2n) is 5.97. The highest BCUT2D eigenvalue weighted by molar-refractivity contribution is 7.80. The van der Waals surface area contributed by atoms with E-state index < -0.39 is 0 Å². The lowest BCUT2D eigenvalue weighted by Crippen LogP contribution is -2.50. The smallest absolute Gasteiger partial charge is 0.173 e. The fourth-order valence-electron chi connectivity index (χ4n) is 2.88. The van der Waals surface area contributed by atoms with Gasteiger partial charge in [0.2, 0.25) is 0 Å². The molecule has 4 nitrogen and oxygen atoms in total. The monoisotopic (exact) mass is 341 g/mol. The summed E-state index contributed by atoms with van der Waals surface area (Å²) < 4.78 is 0. The Morgan fingerprint density at radius 3 is 2.42 bits per heavy atom. The SMILES string of the molecule is CCc1ccc(NC(=S)N2CCN(c3cccc(O)c3)CC2)cc1. The molecule has 126 valence electrons. The normalized spacial score (nSPS) is 14.5. The van der Waals surface area contributed by atoms with Crippen LogP contribution in [0.5, 0.6) is 5.75 Å². The van der Waals surface area contributed by atoms with E-state index >= 15 is 0 Å². The number of piperazine rings is 1. The van der Waals surface area contributed by atoms with Gasteiger partial charge in [-0.05, 0) is 48.5 Å². The molecule has 0 radical (unpaired) electrons. The quantitative estimate of drug-likeness (QED) is 0.837. The zero-order valence-corrected chi connectivity index (χ0v) is 14.7. The number of hydrogen-bond acceptors (Lipinski definition) is 3. The Balaban J connectivity index is 1.54. The Labute approximate surface area is 148 Å². The van der Waals surface area contributed by atoms with Crippen molar-refractivity contribution in [1.82, 2.24) is 4.90 Å². The zero-order valence-electron chi connectivity index (χ0n) is 13.9. The molecule has 3 rings (SSSR count). The maximum absolute atomic E-state index is 9.62. The van der Waals surface area contributed by atoms with Crippen molar-refractivity contribution in [2.45, 2.75) is 13.3 Å². The summed E-state index contributed by atoms with van der Waals surface area (Å²) in [6.45, 7) is 5.67. The third-order valence-corrected chi connectivity index (χ3v) is 4.74. The highest BCUT2D eigenvalue weighted by Crippen LogP contribution is 2.21. The summed E-state index contributed by atoms with van der Waals surface area (Å²) in [6, 6.07) is 15.8. The summed E-state index contributed by atoms with van der Waals surface area (Å²) in [5, 5.41) is 13.7. The number of phenolic OH excluding ortho intramolecular Hbond substituents is 1. The van der Waals surface area contributed by atoms with Gasteiger partial charge in [0, 0.05) is 43.6 Å². The van der Waals surface area contributed by atoms with Crippen LogP contribution in [0.3, 0.4) is 0 Å². The first kappa shape index (κ1) is 16.6. The molecule has 0 saturated carbocycles. The maximum atomic E-state index is 9.62. The van der Waals surface area contributed by atoms with E-state index in [1.807, 2.05) is 18.2 Å². The van der Waals surface area contributed by atoms with Crippen molar-refractivity contribution in [2.24, 2.45) is 0 Å². The number of aryl methyl sites for hydroxylation is 1. The maximum Gasteiger partial charge on any atom is 0.173 e. The molecule has 0 unspecified atom stereocenters. The van der Waals surface area contributed by atoms with Crippen LogP contribution in [0.4, 0.5) is 11.4 Å². The minimum Gasteiger partial charge on any atom is -0.508 e. The molecule has 2 aromatic rings. The molecule has 1 saturated heterocycles. The van der Waals surface area contributed by atoms with Crippen molar-refractivity contribution < 1.29 is 5.11 Å². The average molecular weight is 341 g/mol. The van der Waals surface area contributed by atoms with Gasteiger partial charge in [0.25, 0.3) is 0 Å². The van der Waals surface area contributed by atoms with Crippen molar-refractivity contribution in [3.05, 3.63) is 54.1 Å². The van der Waals surface area contributed by atoms with E-state index in [2.05, 4.69) is 46.3 Å². The van der Waals surface area contributed by atoms with E-state index in [9.17, 15) is 5.11 Å². The highest BCUT2D eigenvalue weighted by Gasteiger charge is 2.19. The van der Waals surface area contributed by atoms with E-state index in [4.69, 9.17) is 12.2 Å². The highest BCUT2D eigenvalue weighted by atomic mass is 32.1. The van der Waals surface area contributed by atoms with E-state index in [0.717, 1.165) is 49.1 Å². The van der Waals surface area contributed by atoms with Gasteiger partial charge in [-0.3, -0.25) is 0 Å². The van der Waals surface area contributed by atoms with Gasteiger partial charge in [-0.2, -0.15) is 0 Å². The van der Waals surface area contributed by atoms with Crippen LogP contribution in [-0.4, -0.2) is 41.3 Å². The molecule has 0 bridgehead atoms. The molecular formula is C19H23N3OS. The van der Waals surface area contributed by atoms with Crippen LogP contribution in [0.25, 0.3) is 0 Å². The first-order chi connectivity index (χ1) is 11.7. The summed E-state index contributed by atoms with van der Waals surface area (Å²) in [5.74, 6) is 0.308. The summed E-state index contributed by atoms with van der Waals surface area (Å²) in [5.41, 5.74) is 3.42. The van der Waals surface area contributed by atoms with Crippen LogP contribution < -0.4 is 10.2 Å². The van der Waals surface area contributed by atoms with Gasteiger partial charge < -0.3 is 20.2 Å². The van der Waals surface area contributed by atoms with Crippen LogP contribution in [0.15, 0.2) is 48.5 Å². The van der Waals surface area contributed by atoms with Gasteiger partial charge in [-0.1, -0.05) is 25.1 Å². The second-order valence-corrected chi connectivity index (χ2v) is 6.36. The van der Waals surface area contributed by atoms with Gasteiger partial charge in [0.05, 0.1) is 0 Å². The number of nitrogens with zero attached hydrogens (tertiary/aromatic N) is 2. The molecule has 2 aromatic carbocycles. The van der Waals surface area contributed by atoms with Gasteiger partial charge in [-0.25, -0.2) is 0 Å². The molecule has 0 amide bonds. The summed E-state index contributed by atoms with van der Waals surface area (Å²) in [7, 11) is 0. The van der Waals surface area contributed by atoms with Gasteiger partial charge >= 0.3 is 0 Å². The average Bonchev–Trinajstić information content (AvgIpc) is 2.62. The number of benzene rings is 2. The van der Waals surface area contributed by atoms with Crippen LogP contribution in [0, 0.1) is 0 Å².